The van der Waals surface area contributed by atoms with Crippen LogP contribution in [0.4, 0.5) is 10.5 Å². The molecule has 0 bridgehead atoms. The summed E-state index contributed by atoms with van der Waals surface area (Å²) in [5, 5.41) is 10.6. The number of rotatable bonds is 2. The normalized spacial score (nSPS) is 19.6. The second kappa shape index (κ2) is 6.34. The van der Waals surface area contributed by atoms with Gasteiger partial charge in [0.05, 0.1) is 17.1 Å². The van der Waals surface area contributed by atoms with Gasteiger partial charge < -0.3 is 19.9 Å². The van der Waals surface area contributed by atoms with Crippen molar-refractivity contribution >= 4 is 34.4 Å². The van der Waals surface area contributed by atoms with Crippen LogP contribution in [0, 0.1) is 0 Å². The zero-order valence-electron chi connectivity index (χ0n) is 15.3. The summed E-state index contributed by atoms with van der Waals surface area (Å²) in [6, 6.07) is 4.15. The number of hydrogen-bond acceptors (Lipinski definition) is 5. The summed E-state index contributed by atoms with van der Waals surface area (Å²) in [6.45, 7) is 3.80. The van der Waals surface area contributed by atoms with Crippen LogP contribution in [0.1, 0.15) is 29.8 Å². The molecule has 9 heteroatoms. The molecule has 3 aromatic rings. The van der Waals surface area contributed by atoms with Crippen LogP contribution in [0.5, 0.6) is 0 Å². The summed E-state index contributed by atoms with van der Waals surface area (Å²) in [6.07, 6.45) is 3.39. The second-order valence-electron chi connectivity index (χ2n) is 7.45. The number of aromatic amines is 1. The Labute approximate surface area is 166 Å². The van der Waals surface area contributed by atoms with Gasteiger partial charge in [0, 0.05) is 55.2 Å². The van der Waals surface area contributed by atoms with E-state index in [1.54, 1.807) is 6.33 Å². The average molecular weight is 399 g/mol. The molecule has 1 atom stereocenters. The van der Waals surface area contributed by atoms with Crippen molar-refractivity contribution in [3.8, 4) is 0 Å². The van der Waals surface area contributed by atoms with Gasteiger partial charge in [-0.25, -0.2) is 19.7 Å². The van der Waals surface area contributed by atoms with Crippen molar-refractivity contribution in [2.24, 2.45) is 0 Å². The summed E-state index contributed by atoms with van der Waals surface area (Å²) < 4.78 is 0. The highest BCUT2D eigenvalue weighted by molar-refractivity contribution is 6.30. The number of H-pyrrole nitrogens is 1. The van der Waals surface area contributed by atoms with E-state index in [0.29, 0.717) is 24.8 Å². The molecule has 0 unspecified atom stereocenters. The van der Waals surface area contributed by atoms with E-state index in [1.807, 2.05) is 18.3 Å². The molecule has 0 spiro atoms. The molecule has 5 heterocycles. The lowest BCUT2D eigenvalue weighted by Crippen LogP contribution is -2.49. The largest absolute Gasteiger partial charge is 0.465 e. The highest BCUT2D eigenvalue weighted by atomic mass is 35.5. The smallest absolute Gasteiger partial charge is 0.407 e. The Bertz CT molecular complexity index is 1080. The van der Waals surface area contributed by atoms with Crippen molar-refractivity contribution in [2.45, 2.75) is 31.8 Å². The Morgan fingerprint density at radius 3 is 2.96 bits per heavy atom. The van der Waals surface area contributed by atoms with Crippen molar-refractivity contribution in [3.05, 3.63) is 46.8 Å². The van der Waals surface area contributed by atoms with Crippen molar-refractivity contribution in [1.82, 2.24) is 24.8 Å². The molecule has 3 aromatic heterocycles. The Kier molecular flexibility index (Phi) is 3.90. The van der Waals surface area contributed by atoms with Gasteiger partial charge in [-0.15, -0.1) is 0 Å². The van der Waals surface area contributed by atoms with Gasteiger partial charge in [0.2, 0.25) is 0 Å². The molecule has 2 N–H and O–H groups in total. The maximum atomic E-state index is 11.1. The molecule has 0 saturated carbocycles. The Morgan fingerprint density at radius 2 is 2.18 bits per heavy atom. The zero-order chi connectivity index (χ0) is 19.4. The minimum Gasteiger partial charge on any atom is -0.465 e. The monoisotopic (exact) mass is 398 g/mol. The maximum absolute atomic E-state index is 11.1. The van der Waals surface area contributed by atoms with Gasteiger partial charge in [0.25, 0.3) is 0 Å². The summed E-state index contributed by atoms with van der Waals surface area (Å²) in [5.41, 5.74) is 4.91. The molecular weight excluding hydrogens is 380 g/mol. The molecule has 8 nitrogen and oxygen atoms in total. The molecule has 0 radical (unpaired) electrons. The van der Waals surface area contributed by atoms with Crippen LogP contribution in [0.2, 0.25) is 5.15 Å². The van der Waals surface area contributed by atoms with Crippen LogP contribution in [-0.2, 0) is 13.0 Å². The minimum atomic E-state index is -0.879. The number of fused-ring (bicyclic) bond motifs is 2. The fraction of sp³-hybridized carbons (Fsp3) is 0.368. The lowest BCUT2D eigenvalue weighted by Gasteiger charge is -2.41. The highest BCUT2D eigenvalue weighted by Gasteiger charge is 2.37. The molecule has 5 rings (SSSR count). The SMILES string of the molecule is C[C@@H]1Cc2ncnc(C3CN(C(=O)O)C3)c2CN1c1cc(Cl)nc2[nH]ccc12. The topological polar surface area (TPSA) is 98.2 Å². The summed E-state index contributed by atoms with van der Waals surface area (Å²) >= 11 is 6.26. The van der Waals surface area contributed by atoms with Crippen LogP contribution in [0.3, 0.4) is 0 Å². The Morgan fingerprint density at radius 1 is 1.36 bits per heavy atom. The van der Waals surface area contributed by atoms with E-state index < -0.39 is 6.09 Å². The van der Waals surface area contributed by atoms with Crippen molar-refractivity contribution < 1.29 is 9.90 Å². The van der Waals surface area contributed by atoms with Gasteiger partial charge in [0.1, 0.15) is 17.1 Å². The summed E-state index contributed by atoms with van der Waals surface area (Å²) in [7, 11) is 0. The van der Waals surface area contributed by atoms with E-state index in [1.165, 1.54) is 4.90 Å². The lowest BCUT2D eigenvalue weighted by atomic mass is 9.88. The number of pyridine rings is 1. The third kappa shape index (κ3) is 2.67. The number of likely N-dealkylation sites (tertiary alicyclic amines) is 1. The third-order valence-corrected chi connectivity index (χ3v) is 5.93. The van der Waals surface area contributed by atoms with Gasteiger partial charge in [-0.1, -0.05) is 11.6 Å². The van der Waals surface area contributed by atoms with Crippen LogP contribution in [0.25, 0.3) is 11.0 Å². The van der Waals surface area contributed by atoms with Crippen molar-refractivity contribution in [3.63, 3.8) is 0 Å². The van der Waals surface area contributed by atoms with E-state index in [9.17, 15) is 4.79 Å². The number of anilines is 1. The molecule has 1 amide bonds. The Hall–Kier alpha value is -2.87. The first-order valence-electron chi connectivity index (χ1n) is 9.22. The van der Waals surface area contributed by atoms with E-state index in [0.717, 1.165) is 40.1 Å². The fourth-order valence-corrected chi connectivity index (χ4v) is 4.43. The van der Waals surface area contributed by atoms with E-state index >= 15 is 0 Å². The van der Waals surface area contributed by atoms with Crippen LogP contribution in [0.15, 0.2) is 24.7 Å². The van der Waals surface area contributed by atoms with Gasteiger partial charge in [-0.3, -0.25) is 0 Å². The van der Waals surface area contributed by atoms with Crippen molar-refractivity contribution in [2.75, 3.05) is 18.0 Å². The Balaban J connectivity index is 1.52. The van der Waals surface area contributed by atoms with Crippen LogP contribution >= 0.6 is 11.6 Å². The van der Waals surface area contributed by atoms with Gasteiger partial charge >= 0.3 is 6.09 Å². The van der Waals surface area contributed by atoms with Crippen LogP contribution < -0.4 is 4.90 Å². The summed E-state index contributed by atoms with van der Waals surface area (Å²) in [5.74, 6) is 0.122. The van der Waals surface area contributed by atoms with Gasteiger partial charge in [0.15, 0.2) is 0 Å². The predicted molar refractivity (Wildman–Crippen MR) is 105 cm³/mol. The number of aromatic nitrogens is 4. The zero-order valence-corrected chi connectivity index (χ0v) is 16.0. The first-order valence-corrected chi connectivity index (χ1v) is 9.60. The number of carbonyl (C=O) groups is 1. The number of hydrogen-bond donors (Lipinski definition) is 2. The average Bonchev–Trinajstić information content (AvgIpc) is 3.07. The number of carboxylic acid groups (broad SMARTS) is 1. The molecule has 2 aliphatic heterocycles. The van der Waals surface area contributed by atoms with Gasteiger partial charge in [-0.05, 0) is 19.1 Å². The minimum absolute atomic E-state index is 0.122. The highest BCUT2D eigenvalue weighted by Crippen LogP contribution is 2.37. The molecule has 1 fully saturated rings. The first kappa shape index (κ1) is 17.2. The molecule has 144 valence electrons. The molecule has 1 saturated heterocycles. The summed E-state index contributed by atoms with van der Waals surface area (Å²) in [4.78, 5) is 31.4. The standard InChI is InChI=1S/C19H19ClN6O2/c1-10-4-14-13(17(23-9-22-14)11-6-25(7-11)19(27)28)8-26(10)15-5-16(20)24-18-12(15)2-3-21-18/h2-3,5,9-11H,4,6-8H2,1H3,(H,21,24)(H,27,28)/t10-/m1/s1. The first-order chi connectivity index (χ1) is 13.5. The quantitative estimate of drug-likeness (QED) is 0.644. The molecule has 0 aromatic carbocycles. The van der Waals surface area contributed by atoms with E-state index in [4.69, 9.17) is 16.7 Å². The van der Waals surface area contributed by atoms with E-state index in [-0.39, 0.29) is 12.0 Å². The number of nitrogens with zero attached hydrogens (tertiary/aromatic N) is 5. The second-order valence-corrected chi connectivity index (χ2v) is 7.84. The number of amides is 1. The molecular formula is C19H19ClN6O2. The molecule has 2 aliphatic rings. The fourth-order valence-electron chi connectivity index (χ4n) is 4.24. The molecule has 28 heavy (non-hydrogen) atoms. The van der Waals surface area contributed by atoms with Crippen molar-refractivity contribution in [1.29, 1.82) is 0 Å². The maximum Gasteiger partial charge on any atom is 0.407 e. The predicted octanol–water partition coefficient (Wildman–Crippen LogP) is 3.03. The molecule has 0 aliphatic carbocycles. The van der Waals surface area contributed by atoms with Crippen LogP contribution in [-0.4, -0.2) is 55.2 Å². The van der Waals surface area contributed by atoms with E-state index in [2.05, 4.69) is 31.8 Å². The third-order valence-electron chi connectivity index (χ3n) is 5.74. The van der Waals surface area contributed by atoms with Gasteiger partial charge in [-0.2, -0.15) is 0 Å². The lowest BCUT2D eigenvalue weighted by molar-refractivity contribution is 0.104. The number of halogens is 1. The number of nitrogens with one attached hydrogen (secondary N) is 1.